The molecule has 3 N–H and O–H groups in total. The van der Waals surface area contributed by atoms with Gasteiger partial charge in [-0.2, -0.15) is 0 Å². The number of hydrogen-bond acceptors (Lipinski definition) is 7. The number of carbonyl (C=O) groups excluding carboxylic acids is 1. The summed E-state index contributed by atoms with van der Waals surface area (Å²) in [5.41, 5.74) is 2.14. The third-order valence-electron chi connectivity index (χ3n) is 5.02. The highest BCUT2D eigenvalue weighted by molar-refractivity contribution is 7.90. The van der Waals surface area contributed by atoms with Crippen LogP contribution in [0.4, 0.5) is 11.4 Å². The van der Waals surface area contributed by atoms with Crippen molar-refractivity contribution >= 4 is 27.1 Å². The van der Waals surface area contributed by atoms with Crippen molar-refractivity contribution in [1.82, 2.24) is 5.32 Å². The minimum atomic E-state index is -3.57. The second kappa shape index (κ2) is 8.70. The molecule has 0 heterocycles. The normalized spacial score (nSPS) is 13.4. The zero-order chi connectivity index (χ0) is 21.9. The van der Waals surface area contributed by atoms with Crippen LogP contribution in [-0.4, -0.2) is 43.7 Å². The van der Waals surface area contributed by atoms with Gasteiger partial charge in [0.05, 0.1) is 15.4 Å². The van der Waals surface area contributed by atoms with Crippen molar-refractivity contribution in [1.29, 1.82) is 0 Å². The molecule has 0 atom stereocenters. The number of nitro groups is 1. The van der Waals surface area contributed by atoms with Crippen molar-refractivity contribution in [3.8, 4) is 5.75 Å². The Kier molecular flexibility index (Phi) is 6.25. The Labute approximate surface area is 174 Å². The van der Waals surface area contributed by atoms with E-state index in [1.807, 2.05) is 0 Å². The second-order valence-electron chi connectivity index (χ2n) is 7.24. The first-order valence-electron chi connectivity index (χ1n) is 9.52. The van der Waals surface area contributed by atoms with Crippen molar-refractivity contribution in [2.45, 2.75) is 30.6 Å². The molecule has 0 fully saturated rings. The highest BCUT2D eigenvalue weighted by Crippen LogP contribution is 2.29. The lowest BCUT2D eigenvalue weighted by Crippen LogP contribution is -2.29. The fraction of sp³-hybridized carbons (Fsp3) is 0.350. The van der Waals surface area contributed by atoms with Gasteiger partial charge >= 0.3 is 0 Å². The van der Waals surface area contributed by atoms with Crippen LogP contribution in [0.25, 0.3) is 0 Å². The molecule has 2 aromatic carbocycles. The van der Waals surface area contributed by atoms with Gasteiger partial charge in [-0.1, -0.05) is 0 Å². The predicted octanol–water partition coefficient (Wildman–Crippen LogP) is 2.42. The molecule has 9 nitrogen and oxygen atoms in total. The maximum Gasteiger partial charge on any atom is 0.293 e. The summed E-state index contributed by atoms with van der Waals surface area (Å²) < 4.78 is 23.2. The Bertz CT molecular complexity index is 1100. The van der Waals surface area contributed by atoms with Gasteiger partial charge in [0, 0.05) is 25.4 Å². The van der Waals surface area contributed by atoms with Gasteiger partial charge in [0.1, 0.15) is 11.4 Å². The van der Waals surface area contributed by atoms with E-state index in [2.05, 4.69) is 10.6 Å². The van der Waals surface area contributed by atoms with Gasteiger partial charge < -0.3 is 15.7 Å². The van der Waals surface area contributed by atoms with E-state index < -0.39 is 20.7 Å². The number of sulfone groups is 1. The number of benzene rings is 2. The van der Waals surface area contributed by atoms with E-state index in [0.29, 0.717) is 0 Å². The van der Waals surface area contributed by atoms with Crippen LogP contribution in [0.5, 0.6) is 5.75 Å². The van der Waals surface area contributed by atoms with Crippen LogP contribution in [-0.2, 0) is 22.7 Å². The van der Waals surface area contributed by atoms with E-state index in [0.717, 1.165) is 49.1 Å². The van der Waals surface area contributed by atoms with E-state index >= 15 is 0 Å². The molecule has 0 aromatic heterocycles. The van der Waals surface area contributed by atoms with Crippen LogP contribution in [0.2, 0.25) is 0 Å². The van der Waals surface area contributed by atoms with Gasteiger partial charge in [0.25, 0.3) is 11.6 Å². The fourth-order valence-electron chi connectivity index (χ4n) is 3.47. The van der Waals surface area contributed by atoms with Gasteiger partial charge in [-0.3, -0.25) is 14.9 Å². The second-order valence-corrected chi connectivity index (χ2v) is 9.25. The number of hydrogen-bond donors (Lipinski definition) is 3. The van der Waals surface area contributed by atoms with Crippen LogP contribution in [0.15, 0.2) is 35.2 Å². The number of nitro benzene ring substituents is 1. The number of anilines is 1. The number of aromatic hydroxyl groups is 1. The molecule has 0 bridgehead atoms. The average Bonchev–Trinajstić information content (AvgIpc) is 2.69. The number of nitrogens with zero attached hydrogens (tertiary/aromatic N) is 1. The third-order valence-corrected chi connectivity index (χ3v) is 6.14. The minimum Gasteiger partial charge on any atom is -0.507 e. The molecule has 1 aliphatic carbocycles. The van der Waals surface area contributed by atoms with Gasteiger partial charge in [-0.15, -0.1) is 0 Å². The molecule has 10 heteroatoms. The largest absolute Gasteiger partial charge is 0.507 e. The standard InChI is InChI=1S/C20H23N3O6S/c1-30(28,29)15-6-7-17(18(12-15)23(26)27)21-8-9-22-20(25)16-10-13-4-2-3-5-14(13)11-19(16)24/h6-7,10-12,21,24H,2-5,8-9H2,1H3,(H,22,25). The van der Waals surface area contributed by atoms with Crippen molar-refractivity contribution in [3.63, 3.8) is 0 Å². The van der Waals surface area contributed by atoms with Crippen molar-refractivity contribution in [2.75, 3.05) is 24.7 Å². The molecule has 160 valence electrons. The van der Waals surface area contributed by atoms with Crippen LogP contribution >= 0.6 is 0 Å². The lowest BCUT2D eigenvalue weighted by molar-refractivity contribution is -0.384. The number of phenols is 1. The van der Waals surface area contributed by atoms with Gasteiger partial charge in [0.2, 0.25) is 0 Å². The molecule has 30 heavy (non-hydrogen) atoms. The lowest BCUT2D eigenvalue weighted by Gasteiger charge is -2.17. The number of phenolic OH excluding ortho intramolecular Hbond substituents is 1. The molecule has 1 amide bonds. The number of fused-ring (bicyclic) bond motifs is 1. The molecule has 0 aliphatic heterocycles. The van der Waals surface area contributed by atoms with Crippen LogP contribution in [0, 0.1) is 10.1 Å². The van der Waals surface area contributed by atoms with Crippen molar-refractivity contribution < 1.29 is 23.2 Å². The van der Waals surface area contributed by atoms with E-state index in [1.165, 1.54) is 12.1 Å². The molecule has 0 radical (unpaired) electrons. The summed E-state index contributed by atoms with van der Waals surface area (Å²) in [4.78, 5) is 22.9. The monoisotopic (exact) mass is 433 g/mol. The van der Waals surface area contributed by atoms with E-state index in [-0.39, 0.29) is 40.7 Å². The Hall–Kier alpha value is -3.14. The zero-order valence-corrected chi connectivity index (χ0v) is 17.3. The summed E-state index contributed by atoms with van der Waals surface area (Å²) in [7, 11) is -3.57. The Balaban J connectivity index is 1.62. The van der Waals surface area contributed by atoms with Crippen molar-refractivity contribution in [2.24, 2.45) is 0 Å². The highest BCUT2D eigenvalue weighted by atomic mass is 32.2. The quantitative estimate of drug-likeness (QED) is 0.346. The summed E-state index contributed by atoms with van der Waals surface area (Å²) in [6.07, 6.45) is 4.88. The van der Waals surface area contributed by atoms with Gasteiger partial charge in [-0.05, 0) is 61.1 Å². The fourth-order valence-corrected chi connectivity index (χ4v) is 4.11. The van der Waals surface area contributed by atoms with E-state index in [1.54, 1.807) is 12.1 Å². The topological polar surface area (TPSA) is 139 Å². The number of carbonyl (C=O) groups is 1. The van der Waals surface area contributed by atoms with Crippen molar-refractivity contribution in [3.05, 3.63) is 57.1 Å². The van der Waals surface area contributed by atoms with E-state index in [4.69, 9.17) is 0 Å². The average molecular weight is 433 g/mol. The summed E-state index contributed by atoms with van der Waals surface area (Å²) >= 11 is 0. The molecular formula is C20H23N3O6S. The zero-order valence-electron chi connectivity index (χ0n) is 16.5. The summed E-state index contributed by atoms with van der Waals surface area (Å²) in [5, 5.41) is 26.9. The Morgan fingerprint density at radius 3 is 2.43 bits per heavy atom. The minimum absolute atomic E-state index is 0.0619. The first-order valence-corrected chi connectivity index (χ1v) is 11.4. The lowest BCUT2D eigenvalue weighted by atomic mass is 9.90. The maximum atomic E-state index is 12.4. The number of aryl methyl sites for hydroxylation is 2. The summed E-state index contributed by atoms with van der Waals surface area (Å²) in [6.45, 7) is 0.330. The SMILES string of the molecule is CS(=O)(=O)c1ccc(NCCNC(=O)c2cc3c(cc2O)CCCC3)c([N+](=O)[O-])c1. The third kappa shape index (κ3) is 4.88. The molecule has 3 rings (SSSR count). The number of nitrogens with one attached hydrogen (secondary N) is 2. The first-order chi connectivity index (χ1) is 14.2. The Morgan fingerprint density at radius 1 is 1.13 bits per heavy atom. The molecule has 2 aromatic rings. The molecular weight excluding hydrogens is 410 g/mol. The van der Waals surface area contributed by atoms with Crippen LogP contribution in [0.3, 0.4) is 0 Å². The van der Waals surface area contributed by atoms with Crippen LogP contribution < -0.4 is 10.6 Å². The summed E-state index contributed by atoms with van der Waals surface area (Å²) in [5.74, 6) is -0.488. The number of amides is 1. The van der Waals surface area contributed by atoms with Gasteiger partial charge in [-0.25, -0.2) is 8.42 Å². The maximum absolute atomic E-state index is 12.4. The highest BCUT2D eigenvalue weighted by Gasteiger charge is 2.19. The first kappa shape index (κ1) is 21.6. The molecule has 0 saturated carbocycles. The number of rotatable bonds is 7. The Morgan fingerprint density at radius 2 is 1.80 bits per heavy atom. The molecule has 0 saturated heterocycles. The van der Waals surface area contributed by atoms with Crippen LogP contribution in [0.1, 0.15) is 34.3 Å². The molecule has 0 unspecified atom stereocenters. The smallest absolute Gasteiger partial charge is 0.293 e. The summed E-state index contributed by atoms with van der Waals surface area (Å²) in [6, 6.07) is 6.98. The molecule has 0 spiro atoms. The van der Waals surface area contributed by atoms with E-state index in [9.17, 15) is 28.4 Å². The predicted molar refractivity (Wildman–Crippen MR) is 112 cm³/mol. The van der Waals surface area contributed by atoms with Gasteiger partial charge in [0.15, 0.2) is 9.84 Å². The molecule has 1 aliphatic rings.